The molecular weight excluding hydrogens is 452 g/mol. The van der Waals surface area contributed by atoms with Gasteiger partial charge in [0.25, 0.3) is 5.56 Å². The van der Waals surface area contributed by atoms with Crippen molar-refractivity contribution in [2.45, 2.75) is 39.8 Å². The van der Waals surface area contributed by atoms with E-state index in [4.69, 9.17) is 9.47 Å². The summed E-state index contributed by atoms with van der Waals surface area (Å²) in [5.74, 6) is 0.340. The first-order chi connectivity index (χ1) is 16.3. The van der Waals surface area contributed by atoms with Gasteiger partial charge in [-0.1, -0.05) is 35.6 Å². The number of nitrogens with zero attached hydrogens (tertiary/aromatic N) is 2. The molecule has 1 aliphatic rings. The number of rotatable bonds is 6. The van der Waals surface area contributed by atoms with Gasteiger partial charge < -0.3 is 14.6 Å². The molecule has 1 aliphatic heterocycles. The molecule has 3 aromatic rings. The topological polar surface area (TPSA) is 90.1 Å². The van der Waals surface area contributed by atoms with E-state index in [2.05, 4.69) is 4.99 Å². The number of hydrogen-bond donors (Lipinski definition) is 1. The molecule has 1 aromatic heterocycles. The van der Waals surface area contributed by atoms with E-state index in [-0.39, 0.29) is 24.0 Å². The smallest absolute Gasteiger partial charge is 0.338 e. The van der Waals surface area contributed by atoms with Crippen LogP contribution < -0.4 is 19.6 Å². The number of carbonyl (C=O) groups is 1. The molecule has 2 heterocycles. The number of fused-ring (bicyclic) bond motifs is 1. The number of thiazole rings is 1. The average molecular weight is 479 g/mol. The highest BCUT2D eigenvalue weighted by molar-refractivity contribution is 7.07. The summed E-state index contributed by atoms with van der Waals surface area (Å²) in [6.07, 6.45) is 1.88. The second kappa shape index (κ2) is 9.69. The van der Waals surface area contributed by atoms with Crippen molar-refractivity contribution in [1.29, 1.82) is 0 Å². The zero-order valence-electron chi connectivity index (χ0n) is 19.4. The molecule has 1 N–H and O–H groups in total. The van der Waals surface area contributed by atoms with Crippen molar-refractivity contribution in [3.05, 3.63) is 90.6 Å². The highest BCUT2D eigenvalue weighted by atomic mass is 32.1. The van der Waals surface area contributed by atoms with Gasteiger partial charge in [0.15, 0.2) is 4.80 Å². The van der Waals surface area contributed by atoms with Gasteiger partial charge in [0.05, 0.1) is 34.6 Å². The molecule has 0 saturated heterocycles. The second-order valence-corrected chi connectivity index (χ2v) is 9.14. The third-order valence-electron chi connectivity index (χ3n) is 5.28. The summed E-state index contributed by atoms with van der Waals surface area (Å²) in [4.78, 5) is 31.5. The van der Waals surface area contributed by atoms with Crippen molar-refractivity contribution < 1.29 is 19.4 Å². The molecule has 0 spiro atoms. The lowest BCUT2D eigenvalue weighted by Gasteiger charge is -2.24. The number of allylic oxidation sites excluding steroid dienone is 1. The van der Waals surface area contributed by atoms with Crippen molar-refractivity contribution in [2.24, 2.45) is 4.99 Å². The average Bonchev–Trinajstić information content (AvgIpc) is 3.09. The summed E-state index contributed by atoms with van der Waals surface area (Å²) >= 11 is 1.27. The van der Waals surface area contributed by atoms with E-state index >= 15 is 0 Å². The Balaban J connectivity index is 1.85. The van der Waals surface area contributed by atoms with Gasteiger partial charge in [0.1, 0.15) is 11.5 Å². The molecule has 0 aliphatic carbocycles. The van der Waals surface area contributed by atoms with Gasteiger partial charge in [-0.2, -0.15) is 0 Å². The first-order valence-corrected chi connectivity index (χ1v) is 11.9. The second-order valence-electron chi connectivity index (χ2n) is 8.13. The Hall–Kier alpha value is -3.65. The van der Waals surface area contributed by atoms with Crippen molar-refractivity contribution in [3.8, 4) is 11.5 Å². The molecule has 0 radical (unpaired) electrons. The van der Waals surface area contributed by atoms with Gasteiger partial charge >= 0.3 is 5.97 Å². The number of phenols is 1. The van der Waals surface area contributed by atoms with Crippen LogP contribution in [0, 0.1) is 0 Å². The minimum Gasteiger partial charge on any atom is -0.508 e. The van der Waals surface area contributed by atoms with E-state index in [9.17, 15) is 14.7 Å². The van der Waals surface area contributed by atoms with E-state index in [1.165, 1.54) is 28.0 Å². The largest absolute Gasteiger partial charge is 0.508 e. The molecular formula is C26H26N2O5S. The number of benzene rings is 2. The molecule has 7 nitrogen and oxygen atoms in total. The van der Waals surface area contributed by atoms with Crippen LogP contribution >= 0.6 is 11.3 Å². The SMILES string of the molecule is CCOC(=O)C1=C(C)N=c2s/c(=C/c3ccc(OC(C)C)cc3)c(=O)n2[C@H]1c1ccc(O)cc1. The van der Waals surface area contributed by atoms with Crippen LogP contribution in [0.15, 0.2) is 69.6 Å². The summed E-state index contributed by atoms with van der Waals surface area (Å²) in [7, 11) is 0. The van der Waals surface area contributed by atoms with Crippen LogP contribution in [0.2, 0.25) is 0 Å². The number of ether oxygens (including phenoxy) is 2. The number of aromatic nitrogens is 1. The Labute approximate surface area is 200 Å². The van der Waals surface area contributed by atoms with Gasteiger partial charge in [0, 0.05) is 0 Å². The monoisotopic (exact) mass is 478 g/mol. The summed E-state index contributed by atoms with van der Waals surface area (Å²) in [5.41, 5.74) is 2.08. The standard InChI is InChI=1S/C26H26N2O5S/c1-5-32-25(31)22-16(4)27-26-28(23(22)18-8-10-19(29)11-9-18)24(30)21(34-26)14-17-6-12-20(13-7-17)33-15(2)3/h6-15,23,29H,5H2,1-4H3/b21-14+/t23-/m0/s1. The van der Waals surface area contributed by atoms with Crippen LogP contribution in [0.1, 0.15) is 44.9 Å². The van der Waals surface area contributed by atoms with Crippen LogP contribution in [0.4, 0.5) is 0 Å². The highest BCUT2D eigenvalue weighted by Crippen LogP contribution is 2.31. The zero-order chi connectivity index (χ0) is 24.4. The highest BCUT2D eigenvalue weighted by Gasteiger charge is 2.33. The maximum Gasteiger partial charge on any atom is 0.338 e. The van der Waals surface area contributed by atoms with Gasteiger partial charge in [-0.15, -0.1) is 0 Å². The quantitative estimate of drug-likeness (QED) is 0.549. The van der Waals surface area contributed by atoms with Gasteiger partial charge in [0.2, 0.25) is 0 Å². The fourth-order valence-corrected chi connectivity index (χ4v) is 4.88. The summed E-state index contributed by atoms with van der Waals surface area (Å²) < 4.78 is 13.0. The maximum absolute atomic E-state index is 13.5. The van der Waals surface area contributed by atoms with Crippen LogP contribution in [-0.4, -0.2) is 28.4 Å². The van der Waals surface area contributed by atoms with Crippen molar-refractivity contribution >= 4 is 23.4 Å². The third kappa shape index (κ3) is 4.68. The van der Waals surface area contributed by atoms with E-state index in [1.54, 1.807) is 32.1 Å². The van der Waals surface area contributed by atoms with Gasteiger partial charge in [-0.3, -0.25) is 9.36 Å². The summed E-state index contributed by atoms with van der Waals surface area (Å²) in [6, 6.07) is 13.3. The Bertz CT molecular complexity index is 1410. The van der Waals surface area contributed by atoms with Crippen molar-refractivity contribution in [1.82, 2.24) is 4.57 Å². The minimum atomic E-state index is -0.708. The third-order valence-corrected chi connectivity index (χ3v) is 6.26. The van der Waals surface area contributed by atoms with Crippen LogP contribution in [0.25, 0.3) is 6.08 Å². The maximum atomic E-state index is 13.5. The van der Waals surface area contributed by atoms with E-state index in [1.807, 2.05) is 38.1 Å². The van der Waals surface area contributed by atoms with E-state index in [0.29, 0.717) is 26.2 Å². The van der Waals surface area contributed by atoms with Crippen LogP contribution in [0.5, 0.6) is 11.5 Å². The molecule has 34 heavy (non-hydrogen) atoms. The molecule has 4 rings (SSSR count). The molecule has 1 atom stereocenters. The molecule has 0 saturated carbocycles. The number of esters is 1. The lowest BCUT2D eigenvalue weighted by molar-refractivity contribution is -0.139. The fraction of sp³-hybridized carbons (Fsp3) is 0.269. The van der Waals surface area contributed by atoms with Gasteiger partial charge in [-0.25, -0.2) is 9.79 Å². The van der Waals surface area contributed by atoms with Crippen molar-refractivity contribution in [3.63, 3.8) is 0 Å². The molecule has 0 amide bonds. The molecule has 8 heteroatoms. The Morgan fingerprint density at radius 3 is 2.47 bits per heavy atom. The van der Waals surface area contributed by atoms with E-state index < -0.39 is 12.0 Å². The van der Waals surface area contributed by atoms with Crippen LogP contribution in [-0.2, 0) is 9.53 Å². The Kier molecular flexibility index (Phi) is 6.70. The molecule has 0 fully saturated rings. The lowest BCUT2D eigenvalue weighted by atomic mass is 9.96. The first-order valence-electron chi connectivity index (χ1n) is 11.0. The fourth-order valence-electron chi connectivity index (χ4n) is 3.83. The normalized spacial score (nSPS) is 15.8. The first kappa shape index (κ1) is 23.5. The summed E-state index contributed by atoms with van der Waals surface area (Å²) in [5, 5.41) is 9.75. The zero-order valence-corrected chi connectivity index (χ0v) is 20.3. The lowest BCUT2D eigenvalue weighted by Crippen LogP contribution is -2.39. The minimum absolute atomic E-state index is 0.0753. The molecule has 0 unspecified atom stereocenters. The predicted octanol–water partition coefficient (Wildman–Crippen LogP) is 3.29. The Morgan fingerprint density at radius 1 is 1.18 bits per heavy atom. The summed E-state index contributed by atoms with van der Waals surface area (Å²) in [6.45, 7) is 7.61. The van der Waals surface area contributed by atoms with E-state index in [0.717, 1.165) is 11.3 Å². The predicted molar refractivity (Wildman–Crippen MR) is 131 cm³/mol. The van der Waals surface area contributed by atoms with Crippen LogP contribution in [0.3, 0.4) is 0 Å². The van der Waals surface area contributed by atoms with Crippen molar-refractivity contribution in [2.75, 3.05) is 6.61 Å². The molecule has 2 aromatic carbocycles. The number of hydrogen-bond acceptors (Lipinski definition) is 7. The number of phenolic OH excluding ortho intramolecular Hbond substituents is 1. The molecule has 0 bridgehead atoms. The number of aromatic hydroxyl groups is 1. The molecule has 176 valence electrons. The number of carbonyl (C=O) groups excluding carboxylic acids is 1. The Morgan fingerprint density at radius 2 is 1.85 bits per heavy atom. The van der Waals surface area contributed by atoms with Gasteiger partial charge in [-0.05, 0) is 69.2 Å².